The summed E-state index contributed by atoms with van der Waals surface area (Å²) in [6, 6.07) is 0. The van der Waals surface area contributed by atoms with Crippen LogP contribution in [0.4, 0.5) is 0 Å². The molecule has 6 nitrogen and oxygen atoms in total. The number of esters is 3. The molecule has 286 valence electrons. The molecule has 0 aliphatic carbocycles. The van der Waals surface area contributed by atoms with E-state index in [9.17, 15) is 14.4 Å². The molecular formula is C43H78O6. The van der Waals surface area contributed by atoms with Crippen LogP contribution >= 0.6 is 0 Å². The zero-order chi connectivity index (χ0) is 35.9. The van der Waals surface area contributed by atoms with E-state index < -0.39 is 6.10 Å². The second kappa shape index (κ2) is 38.7. The molecule has 0 rings (SSSR count). The number of hydrogen-bond acceptors (Lipinski definition) is 6. The quantitative estimate of drug-likeness (QED) is 0.0279. The minimum atomic E-state index is -0.766. The van der Waals surface area contributed by atoms with Gasteiger partial charge in [0.2, 0.25) is 0 Å². The van der Waals surface area contributed by atoms with Crippen LogP contribution in [0.25, 0.3) is 0 Å². The van der Waals surface area contributed by atoms with E-state index >= 15 is 0 Å². The van der Waals surface area contributed by atoms with Gasteiger partial charge in [0, 0.05) is 19.3 Å². The first-order valence-corrected chi connectivity index (χ1v) is 20.8. The lowest BCUT2D eigenvalue weighted by atomic mass is 10.1. The predicted molar refractivity (Wildman–Crippen MR) is 206 cm³/mol. The van der Waals surface area contributed by atoms with E-state index in [0.717, 1.165) is 77.0 Å². The van der Waals surface area contributed by atoms with Gasteiger partial charge in [0.1, 0.15) is 13.2 Å². The Morgan fingerprint density at radius 3 is 1.16 bits per heavy atom. The lowest BCUT2D eigenvalue weighted by molar-refractivity contribution is -0.167. The highest BCUT2D eigenvalue weighted by atomic mass is 16.6. The summed E-state index contributed by atoms with van der Waals surface area (Å²) in [6.07, 6.45) is 40.2. The van der Waals surface area contributed by atoms with E-state index in [1.807, 2.05) is 0 Å². The Hall–Kier alpha value is -2.11. The van der Waals surface area contributed by atoms with Gasteiger partial charge >= 0.3 is 17.9 Å². The molecule has 0 aromatic heterocycles. The zero-order valence-corrected chi connectivity index (χ0v) is 32.5. The maximum absolute atomic E-state index is 12.6. The van der Waals surface area contributed by atoms with Gasteiger partial charge in [0.05, 0.1) is 0 Å². The number of allylic oxidation sites excluding steroid dienone is 4. The first kappa shape index (κ1) is 46.9. The molecular weight excluding hydrogens is 612 g/mol. The Bertz CT molecular complexity index is 804. The van der Waals surface area contributed by atoms with Gasteiger partial charge < -0.3 is 14.2 Å². The number of rotatable bonds is 37. The summed E-state index contributed by atoms with van der Waals surface area (Å²) < 4.78 is 16.6. The van der Waals surface area contributed by atoms with E-state index in [0.29, 0.717) is 19.3 Å². The number of carbonyl (C=O) groups is 3. The van der Waals surface area contributed by atoms with Gasteiger partial charge in [-0.25, -0.2) is 0 Å². The fourth-order valence-electron chi connectivity index (χ4n) is 5.76. The molecule has 0 fully saturated rings. The van der Waals surface area contributed by atoms with Crippen molar-refractivity contribution >= 4 is 17.9 Å². The molecule has 6 heteroatoms. The van der Waals surface area contributed by atoms with Crippen LogP contribution in [0.2, 0.25) is 0 Å². The van der Waals surface area contributed by atoms with Crippen LogP contribution in [0.3, 0.4) is 0 Å². The molecule has 0 bridgehead atoms. The standard InChI is InChI=1S/C43H78O6/c1-4-7-10-13-16-19-20-21-22-23-24-25-28-30-33-36-42(45)48-39-40(49-43(46)37-34-31-27-18-15-12-9-6-3)38-47-41(44)35-32-29-26-17-14-11-8-5-2/h16,19,21-22,40H,4-15,17-18,20,23-39H2,1-3H3/b19-16-,22-21-. The van der Waals surface area contributed by atoms with Gasteiger partial charge in [-0.3, -0.25) is 14.4 Å². The fourth-order valence-corrected chi connectivity index (χ4v) is 5.76. The summed E-state index contributed by atoms with van der Waals surface area (Å²) in [5, 5.41) is 0. The molecule has 0 heterocycles. The molecule has 0 radical (unpaired) electrons. The van der Waals surface area contributed by atoms with Gasteiger partial charge in [-0.1, -0.05) is 167 Å². The van der Waals surface area contributed by atoms with Crippen molar-refractivity contribution in [2.45, 2.75) is 219 Å². The van der Waals surface area contributed by atoms with Crippen molar-refractivity contribution in [3.63, 3.8) is 0 Å². The normalized spacial score (nSPS) is 12.1. The molecule has 0 N–H and O–H groups in total. The first-order chi connectivity index (χ1) is 24.0. The topological polar surface area (TPSA) is 78.9 Å². The molecule has 0 amide bonds. The third-order valence-corrected chi connectivity index (χ3v) is 8.96. The van der Waals surface area contributed by atoms with E-state index in [1.165, 1.54) is 96.3 Å². The van der Waals surface area contributed by atoms with Crippen LogP contribution in [0, 0.1) is 0 Å². The van der Waals surface area contributed by atoms with Crippen molar-refractivity contribution in [1.29, 1.82) is 0 Å². The zero-order valence-electron chi connectivity index (χ0n) is 32.5. The second-order valence-electron chi connectivity index (χ2n) is 13.9. The van der Waals surface area contributed by atoms with Gasteiger partial charge in [0.15, 0.2) is 6.10 Å². The minimum Gasteiger partial charge on any atom is -0.462 e. The Balaban J connectivity index is 4.31. The Kier molecular flexibility index (Phi) is 37.0. The molecule has 1 unspecified atom stereocenters. The molecule has 0 spiro atoms. The van der Waals surface area contributed by atoms with Crippen molar-refractivity contribution in [3.05, 3.63) is 24.3 Å². The molecule has 0 aromatic rings. The van der Waals surface area contributed by atoms with Crippen molar-refractivity contribution in [3.8, 4) is 0 Å². The van der Waals surface area contributed by atoms with E-state index in [1.54, 1.807) is 0 Å². The Morgan fingerprint density at radius 2 is 0.735 bits per heavy atom. The molecule has 0 saturated heterocycles. The minimum absolute atomic E-state index is 0.0734. The third-order valence-electron chi connectivity index (χ3n) is 8.96. The molecule has 0 saturated carbocycles. The van der Waals surface area contributed by atoms with Crippen LogP contribution in [-0.2, 0) is 28.6 Å². The average molecular weight is 691 g/mol. The summed E-state index contributed by atoms with van der Waals surface area (Å²) >= 11 is 0. The molecule has 0 aromatic carbocycles. The predicted octanol–water partition coefficient (Wildman–Crippen LogP) is 12.9. The summed E-state index contributed by atoms with van der Waals surface area (Å²) in [5.41, 5.74) is 0. The first-order valence-electron chi connectivity index (χ1n) is 20.8. The summed E-state index contributed by atoms with van der Waals surface area (Å²) in [6.45, 7) is 6.52. The van der Waals surface area contributed by atoms with Crippen molar-refractivity contribution in [2.24, 2.45) is 0 Å². The van der Waals surface area contributed by atoms with Gasteiger partial charge in [-0.2, -0.15) is 0 Å². The average Bonchev–Trinajstić information content (AvgIpc) is 3.10. The van der Waals surface area contributed by atoms with Crippen molar-refractivity contribution in [2.75, 3.05) is 13.2 Å². The second-order valence-corrected chi connectivity index (χ2v) is 13.9. The Morgan fingerprint density at radius 1 is 0.408 bits per heavy atom. The third kappa shape index (κ3) is 37.0. The summed E-state index contributed by atoms with van der Waals surface area (Å²) in [4.78, 5) is 37.4. The Labute approximate surface area is 303 Å². The molecule has 1 atom stereocenters. The van der Waals surface area contributed by atoms with E-state index in [4.69, 9.17) is 14.2 Å². The number of ether oxygens (including phenoxy) is 3. The molecule has 0 aliphatic heterocycles. The van der Waals surface area contributed by atoms with Crippen LogP contribution in [-0.4, -0.2) is 37.2 Å². The molecule has 0 aliphatic rings. The van der Waals surface area contributed by atoms with Crippen LogP contribution in [0.1, 0.15) is 213 Å². The monoisotopic (exact) mass is 691 g/mol. The van der Waals surface area contributed by atoms with Crippen molar-refractivity contribution in [1.82, 2.24) is 0 Å². The smallest absolute Gasteiger partial charge is 0.306 e. The van der Waals surface area contributed by atoms with Gasteiger partial charge in [-0.15, -0.1) is 0 Å². The maximum atomic E-state index is 12.6. The fraction of sp³-hybridized carbons (Fsp3) is 0.837. The largest absolute Gasteiger partial charge is 0.462 e. The number of hydrogen-bond donors (Lipinski definition) is 0. The van der Waals surface area contributed by atoms with Crippen LogP contribution in [0.5, 0.6) is 0 Å². The van der Waals surface area contributed by atoms with E-state index in [2.05, 4.69) is 45.1 Å². The SMILES string of the molecule is CCCCC/C=C\C/C=C\CCCCCCCC(=O)OCC(COC(=O)CCCCCCCCCC)OC(=O)CCCCCCCCCC. The number of carbonyl (C=O) groups excluding carboxylic acids is 3. The highest BCUT2D eigenvalue weighted by Gasteiger charge is 2.19. The summed E-state index contributed by atoms with van der Waals surface area (Å²) in [5.74, 6) is -0.897. The van der Waals surface area contributed by atoms with Crippen LogP contribution in [0.15, 0.2) is 24.3 Å². The maximum Gasteiger partial charge on any atom is 0.306 e. The van der Waals surface area contributed by atoms with E-state index in [-0.39, 0.29) is 31.1 Å². The van der Waals surface area contributed by atoms with Crippen LogP contribution < -0.4 is 0 Å². The lowest BCUT2D eigenvalue weighted by Crippen LogP contribution is -2.30. The van der Waals surface area contributed by atoms with Crippen molar-refractivity contribution < 1.29 is 28.6 Å². The highest BCUT2D eigenvalue weighted by molar-refractivity contribution is 5.71. The van der Waals surface area contributed by atoms with Gasteiger partial charge in [0.25, 0.3) is 0 Å². The van der Waals surface area contributed by atoms with Gasteiger partial charge in [-0.05, 0) is 51.4 Å². The summed E-state index contributed by atoms with van der Waals surface area (Å²) in [7, 11) is 0. The lowest BCUT2D eigenvalue weighted by Gasteiger charge is -2.18. The highest BCUT2D eigenvalue weighted by Crippen LogP contribution is 2.13. The molecule has 49 heavy (non-hydrogen) atoms. The number of unbranched alkanes of at least 4 members (excludes halogenated alkanes) is 22.